The van der Waals surface area contributed by atoms with Crippen molar-refractivity contribution in [1.82, 2.24) is 4.57 Å². The maximum atomic E-state index is 10.8. The standard InChI is InChI=1S/C10H9NO2S/c1-7-6-8(11-4-2-3-5-11)14-9(7)10(12)13/h2-6H,1H3,(H,12,13). The monoisotopic (exact) mass is 207 g/mol. The van der Waals surface area contributed by atoms with Crippen LogP contribution in [0.25, 0.3) is 5.00 Å². The lowest BCUT2D eigenvalue weighted by atomic mass is 10.3. The van der Waals surface area contributed by atoms with Crippen molar-refractivity contribution in [2.45, 2.75) is 6.92 Å². The van der Waals surface area contributed by atoms with Crippen LogP contribution in [0.5, 0.6) is 0 Å². The molecule has 0 saturated carbocycles. The molecule has 0 bridgehead atoms. The number of carbonyl (C=O) groups is 1. The summed E-state index contributed by atoms with van der Waals surface area (Å²) in [5.74, 6) is -0.856. The quantitative estimate of drug-likeness (QED) is 0.822. The maximum Gasteiger partial charge on any atom is 0.346 e. The van der Waals surface area contributed by atoms with E-state index in [1.807, 2.05) is 42.1 Å². The first-order chi connectivity index (χ1) is 6.68. The molecule has 2 rings (SSSR count). The van der Waals surface area contributed by atoms with Gasteiger partial charge in [0.2, 0.25) is 0 Å². The summed E-state index contributed by atoms with van der Waals surface area (Å²) in [6.45, 7) is 1.81. The Morgan fingerprint density at radius 3 is 2.57 bits per heavy atom. The minimum absolute atomic E-state index is 0.411. The van der Waals surface area contributed by atoms with Crippen molar-refractivity contribution in [1.29, 1.82) is 0 Å². The molecule has 0 aliphatic rings. The minimum Gasteiger partial charge on any atom is -0.477 e. The van der Waals surface area contributed by atoms with Crippen LogP contribution in [0.3, 0.4) is 0 Å². The van der Waals surface area contributed by atoms with Crippen LogP contribution in [-0.2, 0) is 0 Å². The first-order valence-corrected chi connectivity index (χ1v) is 4.97. The van der Waals surface area contributed by atoms with E-state index in [-0.39, 0.29) is 0 Å². The van der Waals surface area contributed by atoms with E-state index in [9.17, 15) is 4.79 Å². The van der Waals surface area contributed by atoms with E-state index in [0.717, 1.165) is 10.6 Å². The molecule has 0 fully saturated rings. The van der Waals surface area contributed by atoms with E-state index in [0.29, 0.717) is 4.88 Å². The van der Waals surface area contributed by atoms with Crippen LogP contribution in [0.2, 0.25) is 0 Å². The molecule has 0 spiro atoms. The van der Waals surface area contributed by atoms with Crippen molar-refractivity contribution in [3.8, 4) is 5.00 Å². The Labute approximate surface area is 85.2 Å². The molecule has 4 heteroatoms. The largest absolute Gasteiger partial charge is 0.477 e. The second-order valence-electron chi connectivity index (χ2n) is 2.99. The molecule has 1 N–H and O–H groups in total. The summed E-state index contributed by atoms with van der Waals surface area (Å²) in [5, 5.41) is 9.81. The Bertz CT molecular complexity index is 456. The smallest absolute Gasteiger partial charge is 0.346 e. The number of hydrogen-bond donors (Lipinski definition) is 1. The fraction of sp³-hybridized carbons (Fsp3) is 0.100. The number of nitrogens with zero attached hydrogens (tertiary/aromatic N) is 1. The maximum absolute atomic E-state index is 10.8. The molecular formula is C10H9NO2S. The van der Waals surface area contributed by atoms with Crippen molar-refractivity contribution >= 4 is 17.3 Å². The molecule has 0 aromatic carbocycles. The third-order valence-electron chi connectivity index (χ3n) is 1.96. The van der Waals surface area contributed by atoms with E-state index in [1.165, 1.54) is 11.3 Å². The molecule has 14 heavy (non-hydrogen) atoms. The fourth-order valence-electron chi connectivity index (χ4n) is 1.29. The molecule has 3 nitrogen and oxygen atoms in total. The van der Waals surface area contributed by atoms with Gasteiger partial charge >= 0.3 is 5.97 Å². The predicted molar refractivity (Wildman–Crippen MR) is 55.3 cm³/mol. The third kappa shape index (κ3) is 1.44. The SMILES string of the molecule is Cc1cc(-n2cccc2)sc1C(=O)O. The summed E-state index contributed by atoms with van der Waals surface area (Å²) in [7, 11) is 0. The summed E-state index contributed by atoms with van der Waals surface area (Å²) in [5.41, 5.74) is 0.811. The molecule has 0 unspecified atom stereocenters. The van der Waals surface area contributed by atoms with Gasteiger partial charge in [0.1, 0.15) is 9.88 Å². The Hall–Kier alpha value is -1.55. The predicted octanol–water partition coefficient (Wildman–Crippen LogP) is 2.55. The Kier molecular flexibility index (Phi) is 2.13. The number of aryl methyl sites for hydroxylation is 1. The molecule has 2 aromatic heterocycles. The zero-order chi connectivity index (χ0) is 10.1. The first-order valence-electron chi connectivity index (χ1n) is 4.15. The second-order valence-corrected chi connectivity index (χ2v) is 4.02. The second kappa shape index (κ2) is 3.31. The molecule has 2 heterocycles. The van der Waals surface area contributed by atoms with Gasteiger partial charge in [0.05, 0.1) is 0 Å². The van der Waals surface area contributed by atoms with Gasteiger partial charge in [0.15, 0.2) is 0 Å². The van der Waals surface area contributed by atoms with Crippen LogP contribution in [0.4, 0.5) is 0 Å². The summed E-state index contributed by atoms with van der Waals surface area (Å²) in [4.78, 5) is 11.2. The van der Waals surface area contributed by atoms with Gasteiger partial charge in [0, 0.05) is 12.4 Å². The molecular weight excluding hydrogens is 198 g/mol. The van der Waals surface area contributed by atoms with Crippen molar-refractivity contribution in [2.24, 2.45) is 0 Å². The van der Waals surface area contributed by atoms with Crippen molar-refractivity contribution in [3.05, 3.63) is 41.0 Å². The number of aromatic carboxylic acids is 1. The number of carboxylic acid groups (broad SMARTS) is 1. The van der Waals surface area contributed by atoms with Gasteiger partial charge in [-0.2, -0.15) is 0 Å². The van der Waals surface area contributed by atoms with Crippen molar-refractivity contribution in [2.75, 3.05) is 0 Å². The lowest BCUT2D eigenvalue weighted by Crippen LogP contribution is -1.93. The lowest BCUT2D eigenvalue weighted by Gasteiger charge is -1.94. The highest BCUT2D eigenvalue weighted by molar-refractivity contribution is 7.16. The molecule has 2 aromatic rings. The Morgan fingerprint density at radius 2 is 2.07 bits per heavy atom. The molecule has 0 radical (unpaired) electrons. The van der Waals surface area contributed by atoms with Crippen LogP contribution in [-0.4, -0.2) is 15.6 Å². The lowest BCUT2D eigenvalue weighted by molar-refractivity contribution is 0.0701. The number of rotatable bonds is 2. The van der Waals surface area contributed by atoms with Gasteiger partial charge in [-0.25, -0.2) is 4.79 Å². The summed E-state index contributed by atoms with van der Waals surface area (Å²) >= 11 is 1.29. The summed E-state index contributed by atoms with van der Waals surface area (Å²) in [6.07, 6.45) is 3.80. The first kappa shape index (κ1) is 9.02. The van der Waals surface area contributed by atoms with Gasteiger partial charge in [0.25, 0.3) is 0 Å². The van der Waals surface area contributed by atoms with Gasteiger partial charge in [-0.3, -0.25) is 0 Å². The van der Waals surface area contributed by atoms with Gasteiger partial charge < -0.3 is 9.67 Å². The van der Waals surface area contributed by atoms with Crippen LogP contribution >= 0.6 is 11.3 Å². The average molecular weight is 207 g/mol. The number of carboxylic acids is 1. The van der Waals surface area contributed by atoms with E-state index in [2.05, 4.69) is 0 Å². The molecule has 0 amide bonds. The molecule has 0 saturated heterocycles. The van der Waals surface area contributed by atoms with Crippen LogP contribution in [0.15, 0.2) is 30.6 Å². The fourth-order valence-corrected chi connectivity index (χ4v) is 2.27. The van der Waals surface area contributed by atoms with Gasteiger partial charge in [-0.05, 0) is 30.7 Å². The highest BCUT2D eigenvalue weighted by Crippen LogP contribution is 2.25. The highest BCUT2D eigenvalue weighted by Gasteiger charge is 2.12. The molecule has 0 aliphatic carbocycles. The third-order valence-corrected chi connectivity index (χ3v) is 3.20. The van der Waals surface area contributed by atoms with Crippen LogP contribution in [0, 0.1) is 6.92 Å². The zero-order valence-corrected chi connectivity index (χ0v) is 8.41. The van der Waals surface area contributed by atoms with Crippen LogP contribution in [0.1, 0.15) is 15.2 Å². The van der Waals surface area contributed by atoms with Gasteiger partial charge in [-0.15, -0.1) is 11.3 Å². The molecule has 72 valence electrons. The van der Waals surface area contributed by atoms with Crippen LogP contribution < -0.4 is 0 Å². The summed E-state index contributed by atoms with van der Waals surface area (Å²) < 4.78 is 1.91. The minimum atomic E-state index is -0.856. The number of aromatic nitrogens is 1. The normalized spacial score (nSPS) is 10.4. The average Bonchev–Trinajstić information content (AvgIpc) is 2.70. The van der Waals surface area contributed by atoms with Gasteiger partial charge in [-0.1, -0.05) is 0 Å². The van der Waals surface area contributed by atoms with Crippen molar-refractivity contribution in [3.63, 3.8) is 0 Å². The zero-order valence-electron chi connectivity index (χ0n) is 7.60. The Morgan fingerprint density at radius 1 is 1.43 bits per heavy atom. The van der Waals surface area contributed by atoms with E-state index >= 15 is 0 Å². The van der Waals surface area contributed by atoms with E-state index in [1.54, 1.807) is 0 Å². The summed E-state index contributed by atoms with van der Waals surface area (Å²) in [6, 6.07) is 5.71. The van der Waals surface area contributed by atoms with Crippen molar-refractivity contribution < 1.29 is 9.90 Å². The number of hydrogen-bond acceptors (Lipinski definition) is 2. The Balaban J connectivity index is 2.48. The highest BCUT2D eigenvalue weighted by atomic mass is 32.1. The van der Waals surface area contributed by atoms with E-state index < -0.39 is 5.97 Å². The number of thiophene rings is 1. The molecule has 0 atom stereocenters. The molecule has 0 aliphatic heterocycles. The van der Waals surface area contributed by atoms with E-state index in [4.69, 9.17) is 5.11 Å². The topological polar surface area (TPSA) is 42.2 Å².